The van der Waals surface area contributed by atoms with E-state index in [0.717, 1.165) is 17.4 Å². The van der Waals surface area contributed by atoms with Crippen LogP contribution in [0.25, 0.3) is 11.0 Å². The number of carbonyl (C=O) groups is 1. The summed E-state index contributed by atoms with van der Waals surface area (Å²) in [6.45, 7) is 2.60. The van der Waals surface area contributed by atoms with Gasteiger partial charge in [0.1, 0.15) is 11.3 Å². The van der Waals surface area contributed by atoms with Crippen molar-refractivity contribution >= 4 is 16.9 Å². The molecule has 0 radical (unpaired) electrons. The molecule has 0 bridgehead atoms. The number of aromatic nitrogens is 3. The lowest BCUT2D eigenvalue weighted by Gasteiger charge is -2.19. The van der Waals surface area contributed by atoms with Crippen molar-refractivity contribution in [1.29, 1.82) is 0 Å². The largest absolute Gasteiger partial charge is 0.376 e. The number of hydrogen-bond acceptors (Lipinski definition) is 5. The Balaban J connectivity index is 1.94. The molecule has 3 rings (SSSR count). The third-order valence-corrected chi connectivity index (χ3v) is 4.42. The smallest absolute Gasteiger partial charge is 0.332 e. The zero-order chi connectivity index (χ0) is 17.4. The fourth-order valence-corrected chi connectivity index (χ4v) is 2.95. The number of aryl methyl sites for hydroxylation is 1. The van der Waals surface area contributed by atoms with E-state index in [1.54, 1.807) is 0 Å². The maximum atomic E-state index is 12.4. The van der Waals surface area contributed by atoms with Gasteiger partial charge in [-0.15, -0.1) is 0 Å². The summed E-state index contributed by atoms with van der Waals surface area (Å²) < 4.78 is 7.84. The zero-order valence-corrected chi connectivity index (χ0v) is 13.9. The second-order valence-electron chi connectivity index (χ2n) is 6.09. The molecule has 1 fully saturated rings. The monoisotopic (exact) mass is 332 g/mol. The summed E-state index contributed by atoms with van der Waals surface area (Å²) in [7, 11) is 2.93. The molecular weight excluding hydrogens is 312 g/mol. The van der Waals surface area contributed by atoms with Crippen LogP contribution in [0.1, 0.15) is 30.3 Å². The number of ether oxygens (including phenoxy) is 1. The molecule has 128 valence electrons. The van der Waals surface area contributed by atoms with Crippen molar-refractivity contribution in [2.45, 2.75) is 31.9 Å². The average Bonchev–Trinajstić information content (AvgIpc) is 3.12. The van der Waals surface area contributed by atoms with Crippen LogP contribution in [-0.4, -0.2) is 38.8 Å². The van der Waals surface area contributed by atoms with Crippen molar-refractivity contribution in [1.82, 2.24) is 19.4 Å². The third kappa shape index (κ3) is 2.73. The maximum Gasteiger partial charge on any atom is 0.332 e. The molecule has 8 heteroatoms. The van der Waals surface area contributed by atoms with Crippen molar-refractivity contribution in [3.05, 3.63) is 38.7 Å². The van der Waals surface area contributed by atoms with Gasteiger partial charge in [-0.25, -0.2) is 9.78 Å². The van der Waals surface area contributed by atoms with Gasteiger partial charge in [0.15, 0.2) is 0 Å². The van der Waals surface area contributed by atoms with Crippen molar-refractivity contribution < 1.29 is 9.53 Å². The summed E-state index contributed by atoms with van der Waals surface area (Å²) in [5.41, 5.74) is -0.554. The molecule has 1 N–H and O–H groups in total. The minimum Gasteiger partial charge on any atom is -0.376 e. The van der Waals surface area contributed by atoms with E-state index in [0.29, 0.717) is 12.0 Å². The van der Waals surface area contributed by atoms with E-state index in [-0.39, 0.29) is 29.4 Å². The standard InChI is InChI=1S/C16H20N4O4/c1-9(12-5-4-8-24-12)17-14(21)11-7-6-10-13(18-11)19(2)16(23)20(3)15(10)22/h6-7,9,12H,4-5,8H2,1-3H3,(H,17,21)/t9-,12+/m0/s1. The Labute approximate surface area is 138 Å². The van der Waals surface area contributed by atoms with Gasteiger partial charge in [-0.2, -0.15) is 0 Å². The van der Waals surface area contributed by atoms with E-state index in [9.17, 15) is 14.4 Å². The molecule has 24 heavy (non-hydrogen) atoms. The Morgan fingerprint density at radius 1 is 1.33 bits per heavy atom. The molecule has 2 atom stereocenters. The number of nitrogens with one attached hydrogen (secondary N) is 1. The van der Waals surface area contributed by atoms with Crippen LogP contribution < -0.4 is 16.6 Å². The second kappa shape index (κ2) is 6.20. The minimum absolute atomic E-state index is 0.00561. The van der Waals surface area contributed by atoms with Crippen molar-refractivity contribution in [2.75, 3.05) is 6.61 Å². The van der Waals surface area contributed by atoms with Gasteiger partial charge in [-0.05, 0) is 31.9 Å². The number of hydrogen-bond donors (Lipinski definition) is 1. The van der Waals surface area contributed by atoms with Crippen molar-refractivity contribution in [3.63, 3.8) is 0 Å². The Morgan fingerprint density at radius 2 is 2.08 bits per heavy atom. The lowest BCUT2D eigenvalue weighted by atomic mass is 10.1. The van der Waals surface area contributed by atoms with E-state index in [1.807, 2.05) is 6.92 Å². The normalized spacial score (nSPS) is 18.7. The molecule has 1 amide bonds. The molecule has 1 aliphatic heterocycles. The molecule has 2 aromatic heterocycles. The van der Waals surface area contributed by atoms with E-state index >= 15 is 0 Å². The van der Waals surface area contributed by atoms with E-state index < -0.39 is 11.2 Å². The van der Waals surface area contributed by atoms with Crippen molar-refractivity contribution in [2.24, 2.45) is 14.1 Å². The average molecular weight is 332 g/mol. The molecule has 0 aromatic carbocycles. The van der Waals surface area contributed by atoms with Crippen LogP contribution in [0.2, 0.25) is 0 Å². The molecule has 1 saturated heterocycles. The van der Waals surface area contributed by atoms with E-state index in [1.165, 1.54) is 30.8 Å². The third-order valence-electron chi connectivity index (χ3n) is 4.42. The molecule has 1 aliphatic rings. The number of fused-ring (bicyclic) bond motifs is 1. The Morgan fingerprint density at radius 3 is 2.75 bits per heavy atom. The first-order chi connectivity index (χ1) is 11.4. The number of amides is 1. The predicted molar refractivity (Wildman–Crippen MR) is 88.1 cm³/mol. The van der Waals surface area contributed by atoms with Gasteiger partial charge in [-0.1, -0.05) is 0 Å². The lowest BCUT2D eigenvalue weighted by Crippen LogP contribution is -2.41. The van der Waals surface area contributed by atoms with Gasteiger partial charge in [-0.3, -0.25) is 18.7 Å². The quantitative estimate of drug-likeness (QED) is 0.849. The lowest BCUT2D eigenvalue weighted by molar-refractivity contribution is 0.0709. The van der Waals surface area contributed by atoms with Gasteiger partial charge in [0, 0.05) is 20.7 Å². The van der Waals surface area contributed by atoms with Crippen LogP contribution in [0.5, 0.6) is 0 Å². The number of carbonyl (C=O) groups excluding carboxylic acids is 1. The maximum absolute atomic E-state index is 12.4. The summed E-state index contributed by atoms with van der Waals surface area (Å²) in [5.74, 6) is -0.354. The van der Waals surface area contributed by atoms with Crippen LogP contribution in [0.15, 0.2) is 21.7 Å². The van der Waals surface area contributed by atoms with Crippen LogP contribution in [0.3, 0.4) is 0 Å². The minimum atomic E-state index is -0.481. The van der Waals surface area contributed by atoms with E-state index in [2.05, 4.69) is 10.3 Å². The second-order valence-corrected chi connectivity index (χ2v) is 6.09. The summed E-state index contributed by atoms with van der Waals surface area (Å²) in [6, 6.07) is 2.88. The first-order valence-electron chi connectivity index (χ1n) is 7.89. The Kier molecular flexibility index (Phi) is 4.23. The van der Waals surface area contributed by atoms with Gasteiger partial charge in [0.25, 0.3) is 11.5 Å². The van der Waals surface area contributed by atoms with Crippen molar-refractivity contribution in [3.8, 4) is 0 Å². The SMILES string of the molecule is C[C@H](NC(=O)c1ccc2c(=O)n(C)c(=O)n(C)c2n1)[C@H]1CCCO1. The summed E-state index contributed by atoms with van der Waals surface area (Å²) >= 11 is 0. The van der Waals surface area contributed by atoms with Crippen LogP contribution in [0.4, 0.5) is 0 Å². The highest BCUT2D eigenvalue weighted by Gasteiger charge is 2.24. The topological polar surface area (TPSA) is 95.2 Å². The molecule has 2 aromatic rings. The molecule has 0 spiro atoms. The van der Waals surface area contributed by atoms with E-state index in [4.69, 9.17) is 4.74 Å². The number of pyridine rings is 1. The highest BCUT2D eigenvalue weighted by atomic mass is 16.5. The summed E-state index contributed by atoms with van der Waals surface area (Å²) in [5, 5.41) is 3.16. The van der Waals surface area contributed by atoms with Crippen LogP contribution in [-0.2, 0) is 18.8 Å². The molecule has 8 nitrogen and oxygen atoms in total. The molecular formula is C16H20N4O4. The molecule has 0 unspecified atom stereocenters. The Hall–Kier alpha value is -2.48. The molecule has 3 heterocycles. The van der Waals surface area contributed by atoms with Gasteiger partial charge < -0.3 is 10.1 Å². The van der Waals surface area contributed by atoms with Crippen LogP contribution in [0, 0.1) is 0 Å². The van der Waals surface area contributed by atoms with Gasteiger partial charge in [0.2, 0.25) is 0 Å². The highest BCUT2D eigenvalue weighted by Crippen LogP contribution is 2.16. The first kappa shape index (κ1) is 16.4. The van der Waals surface area contributed by atoms with Gasteiger partial charge >= 0.3 is 5.69 Å². The number of rotatable bonds is 3. The summed E-state index contributed by atoms with van der Waals surface area (Å²) in [6.07, 6.45) is 1.91. The van der Waals surface area contributed by atoms with Crippen LogP contribution >= 0.6 is 0 Å². The Bertz CT molecular complexity index is 909. The zero-order valence-electron chi connectivity index (χ0n) is 13.9. The molecule has 0 saturated carbocycles. The fourth-order valence-electron chi connectivity index (χ4n) is 2.95. The highest BCUT2D eigenvalue weighted by molar-refractivity contribution is 5.94. The first-order valence-corrected chi connectivity index (χ1v) is 7.89. The van der Waals surface area contributed by atoms with Gasteiger partial charge in [0.05, 0.1) is 17.5 Å². The number of nitrogens with zero attached hydrogens (tertiary/aromatic N) is 3. The fraction of sp³-hybridized carbons (Fsp3) is 0.500. The predicted octanol–water partition coefficient (Wildman–Crippen LogP) is -0.0705. The summed E-state index contributed by atoms with van der Waals surface area (Å²) in [4.78, 5) is 40.7. The molecule has 0 aliphatic carbocycles.